The number of hydrogen-bond acceptors (Lipinski definition) is 2. The highest BCUT2D eigenvalue weighted by Crippen LogP contribution is 2.08. The second-order valence-corrected chi connectivity index (χ2v) is 6.00. The highest BCUT2D eigenvalue weighted by molar-refractivity contribution is 14.0. The molecule has 0 saturated heterocycles. The summed E-state index contributed by atoms with van der Waals surface area (Å²) in [7, 11) is 3.98. The van der Waals surface area contributed by atoms with E-state index >= 15 is 0 Å². The van der Waals surface area contributed by atoms with Crippen molar-refractivity contribution < 1.29 is 0 Å². The first kappa shape index (κ1) is 20.0. The van der Waals surface area contributed by atoms with E-state index in [0.29, 0.717) is 6.54 Å². The van der Waals surface area contributed by atoms with Gasteiger partial charge >= 0.3 is 0 Å². The summed E-state index contributed by atoms with van der Waals surface area (Å²) < 4.78 is 1.87. The van der Waals surface area contributed by atoms with E-state index in [4.69, 9.17) is 4.99 Å². The monoisotopic (exact) mass is 461 g/mol. The van der Waals surface area contributed by atoms with Crippen molar-refractivity contribution in [2.24, 2.45) is 4.99 Å². The normalized spacial score (nSPS) is 10.9. The van der Waals surface area contributed by atoms with Crippen molar-refractivity contribution in [2.75, 3.05) is 14.1 Å². The summed E-state index contributed by atoms with van der Waals surface area (Å²) in [6.07, 6.45) is 3.88. The Morgan fingerprint density at radius 3 is 2.31 bits per heavy atom. The van der Waals surface area contributed by atoms with E-state index in [0.717, 1.165) is 23.8 Å². The van der Waals surface area contributed by atoms with Crippen molar-refractivity contribution in [3.63, 3.8) is 0 Å². The molecule has 1 N–H and O–H groups in total. The summed E-state index contributed by atoms with van der Waals surface area (Å²) in [5, 5.41) is 7.81. The zero-order chi connectivity index (χ0) is 17.5. The lowest BCUT2D eigenvalue weighted by atomic mass is 10.2. The smallest absolute Gasteiger partial charge is 0.194 e. The van der Waals surface area contributed by atoms with Crippen LogP contribution in [0, 0.1) is 0 Å². The molecule has 0 aliphatic rings. The first-order valence-electron chi connectivity index (χ1n) is 8.31. The topological polar surface area (TPSA) is 45.5 Å². The fourth-order valence-corrected chi connectivity index (χ4v) is 2.46. The van der Waals surface area contributed by atoms with E-state index in [2.05, 4.69) is 22.5 Å². The number of guanidine groups is 1. The predicted octanol–water partition coefficient (Wildman–Crippen LogP) is 3.70. The van der Waals surface area contributed by atoms with Gasteiger partial charge in [-0.15, -0.1) is 24.0 Å². The van der Waals surface area contributed by atoms with E-state index in [1.54, 1.807) is 0 Å². The van der Waals surface area contributed by atoms with E-state index in [1.165, 1.54) is 5.56 Å². The Kier molecular flexibility index (Phi) is 7.65. The van der Waals surface area contributed by atoms with Gasteiger partial charge in [-0.2, -0.15) is 5.10 Å². The van der Waals surface area contributed by atoms with Crippen LogP contribution < -0.4 is 5.32 Å². The minimum absolute atomic E-state index is 0. The third-order valence-electron chi connectivity index (χ3n) is 3.79. The van der Waals surface area contributed by atoms with E-state index < -0.39 is 0 Å². The summed E-state index contributed by atoms with van der Waals surface area (Å²) >= 11 is 0. The maximum absolute atomic E-state index is 4.69. The van der Waals surface area contributed by atoms with Crippen molar-refractivity contribution in [2.45, 2.75) is 13.1 Å². The van der Waals surface area contributed by atoms with Crippen LogP contribution in [0.25, 0.3) is 5.69 Å². The molecule has 0 radical (unpaired) electrons. The second-order valence-electron chi connectivity index (χ2n) is 6.00. The fourth-order valence-electron chi connectivity index (χ4n) is 2.46. The molecule has 6 heteroatoms. The highest BCUT2D eigenvalue weighted by atomic mass is 127. The third kappa shape index (κ3) is 5.59. The summed E-state index contributed by atoms with van der Waals surface area (Å²) in [6.45, 7) is 1.34. The first-order valence-corrected chi connectivity index (χ1v) is 8.31. The zero-order valence-electron chi connectivity index (χ0n) is 15.0. The molecule has 0 fully saturated rings. The average Bonchev–Trinajstić information content (AvgIpc) is 3.12. The Balaban J connectivity index is 0.00000243. The van der Waals surface area contributed by atoms with Crippen molar-refractivity contribution in [1.29, 1.82) is 0 Å². The standard InChI is InChI=1S/C20H23N5.HI/c1-24(2)20(21-13-17-9-5-3-6-10-17)22-14-18-15-23-25(16-18)19-11-7-4-8-12-19;/h3-12,15-16H,13-14H2,1-2H3,(H,21,22);1H. The summed E-state index contributed by atoms with van der Waals surface area (Å²) in [6, 6.07) is 20.4. The lowest BCUT2D eigenvalue weighted by molar-refractivity contribution is 0.578. The van der Waals surface area contributed by atoms with Gasteiger partial charge in [0.25, 0.3) is 0 Å². The lowest BCUT2D eigenvalue weighted by Crippen LogP contribution is -2.36. The predicted molar refractivity (Wildman–Crippen MR) is 117 cm³/mol. The quantitative estimate of drug-likeness (QED) is 0.358. The maximum atomic E-state index is 4.69. The van der Waals surface area contributed by atoms with Crippen LogP contribution in [-0.2, 0) is 13.1 Å². The minimum atomic E-state index is 0. The van der Waals surface area contributed by atoms with Crippen molar-refractivity contribution >= 4 is 29.9 Å². The second kappa shape index (κ2) is 9.96. The molecule has 0 aliphatic carbocycles. The van der Waals surface area contributed by atoms with Gasteiger partial charge in [-0.3, -0.25) is 0 Å². The molecule has 3 aromatic rings. The third-order valence-corrected chi connectivity index (χ3v) is 3.79. The van der Waals surface area contributed by atoms with Crippen LogP contribution in [0.2, 0.25) is 0 Å². The fraction of sp³-hybridized carbons (Fsp3) is 0.200. The number of aromatic nitrogens is 2. The zero-order valence-corrected chi connectivity index (χ0v) is 17.4. The molecule has 0 spiro atoms. The summed E-state index contributed by atoms with van der Waals surface area (Å²) in [5.41, 5.74) is 3.35. The molecule has 26 heavy (non-hydrogen) atoms. The molecule has 0 saturated carbocycles. The summed E-state index contributed by atoms with van der Waals surface area (Å²) in [5.74, 6) is 0.858. The number of halogens is 1. The molecule has 1 heterocycles. The summed E-state index contributed by atoms with van der Waals surface area (Å²) in [4.78, 5) is 6.68. The minimum Gasteiger partial charge on any atom is -0.352 e. The van der Waals surface area contributed by atoms with Crippen LogP contribution in [-0.4, -0.2) is 34.7 Å². The number of aliphatic imine (C=N–C) groups is 1. The maximum Gasteiger partial charge on any atom is 0.194 e. The van der Waals surface area contributed by atoms with Crippen LogP contribution in [0.3, 0.4) is 0 Å². The number of benzene rings is 2. The van der Waals surface area contributed by atoms with E-state index in [9.17, 15) is 0 Å². The Morgan fingerprint density at radius 1 is 1.00 bits per heavy atom. The van der Waals surface area contributed by atoms with Crippen LogP contribution in [0.15, 0.2) is 78.0 Å². The molecule has 136 valence electrons. The van der Waals surface area contributed by atoms with Gasteiger partial charge in [-0.25, -0.2) is 9.67 Å². The van der Waals surface area contributed by atoms with Crippen LogP contribution in [0.4, 0.5) is 0 Å². The van der Waals surface area contributed by atoms with Crippen molar-refractivity contribution in [3.05, 3.63) is 84.2 Å². The number of para-hydroxylation sites is 1. The molecule has 0 bridgehead atoms. The Hall–Kier alpha value is -2.35. The van der Waals surface area contributed by atoms with Crippen molar-refractivity contribution in [1.82, 2.24) is 20.0 Å². The molecule has 3 rings (SSSR count). The van der Waals surface area contributed by atoms with Gasteiger partial charge in [0.05, 0.1) is 18.4 Å². The van der Waals surface area contributed by atoms with Gasteiger partial charge in [-0.1, -0.05) is 48.5 Å². The van der Waals surface area contributed by atoms with Crippen LogP contribution in [0.5, 0.6) is 0 Å². The lowest BCUT2D eigenvalue weighted by Gasteiger charge is -2.17. The SMILES string of the molecule is CN(C)C(=NCc1cnn(-c2ccccc2)c1)NCc1ccccc1.I. The molecule has 0 unspecified atom stereocenters. The van der Waals surface area contributed by atoms with E-state index in [-0.39, 0.29) is 24.0 Å². The van der Waals surface area contributed by atoms with Gasteiger partial charge in [-0.05, 0) is 17.7 Å². The molecule has 0 atom stereocenters. The molecular weight excluding hydrogens is 437 g/mol. The molecule has 2 aromatic carbocycles. The molecule has 0 aliphatic heterocycles. The van der Waals surface area contributed by atoms with E-state index in [1.807, 2.05) is 84.6 Å². The first-order chi connectivity index (χ1) is 12.2. The average molecular weight is 461 g/mol. The number of nitrogens with one attached hydrogen (secondary N) is 1. The van der Waals surface area contributed by atoms with Gasteiger partial charge in [0.2, 0.25) is 0 Å². The van der Waals surface area contributed by atoms with Gasteiger partial charge < -0.3 is 10.2 Å². The number of hydrogen-bond donors (Lipinski definition) is 1. The van der Waals surface area contributed by atoms with Crippen molar-refractivity contribution in [3.8, 4) is 5.69 Å². The molecule has 1 aromatic heterocycles. The highest BCUT2D eigenvalue weighted by Gasteiger charge is 2.04. The largest absolute Gasteiger partial charge is 0.352 e. The number of rotatable bonds is 5. The Morgan fingerprint density at radius 2 is 1.65 bits per heavy atom. The molecular formula is C20H24IN5. The van der Waals surface area contributed by atoms with Crippen LogP contribution in [0.1, 0.15) is 11.1 Å². The molecule has 0 amide bonds. The van der Waals surface area contributed by atoms with Crippen LogP contribution >= 0.6 is 24.0 Å². The Labute approximate surface area is 171 Å². The van der Waals surface area contributed by atoms with Gasteiger partial charge in [0.15, 0.2) is 5.96 Å². The van der Waals surface area contributed by atoms with Gasteiger partial charge in [0, 0.05) is 32.4 Å². The Bertz CT molecular complexity index is 812. The molecule has 5 nitrogen and oxygen atoms in total. The number of nitrogens with zero attached hydrogens (tertiary/aromatic N) is 4. The van der Waals surface area contributed by atoms with Gasteiger partial charge in [0.1, 0.15) is 0 Å².